The number of nitriles is 1. The lowest BCUT2D eigenvalue weighted by molar-refractivity contribution is -0.137. The predicted octanol–water partition coefficient (Wildman–Crippen LogP) is 5.70. The quantitative estimate of drug-likeness (QED) is 0.356. The molecule has 0 fully saturated rings. The van der Waals surface area contributed by atoms with Gasteiger partial charge in [-0.25, -0.2) is 8.42 Å². The van der Waals surface area contributed by atoms with Gasteiger partial charge in [-0.2, -0.15) is 18.4 Å². The zero-order valence-corrected chi connectivity index (χ0v) is 21.4. The number of hydrogen-bond acceptors (Lipinski definition) is 5. The molecular weight excluding hydrogens is 575 g/mol. The monoisotopic (exact) mass is 593 g/mol. The van der Waals surface area contributed by atoms with Gasteiger partial charge in [-0.15, -0.1) is 0 Å². The van der Waals surface area contributed by atoms with Crippen LogP contribution in [0, 0.1) is 11.3 Å². The van der Waals surface area contributed by atoms with Gasteiger partial charge in [0.05, 0.1) is 29.5 Å². The van der Waals surface area contributed by atoms with E-state index in [0.29, 0.717) is 28.8 Å². The van der Waals surface area contributed by atoms with Crippen molar-refractivity contribution in [2.45, 2.75) is 19.0 Å². The Morgan fingerprint density at radius 1 is 1.08 bits per heavy atom. The van der Waals surface area contributed by atoms with E-state index in [2.05, 4.69) is 20.7 Å². The largest absolute Gasteiger partial charge is 0.506 e. The summed E-state index contributed by atoms with van der Waals surface area (Å²) in [6, 6.07) is 14.3. The molecule has 2 N–H and O–H groups in total. The third kappa shape index (κ3) is 5.73. The van der Waals surface area contributed by atoms with E-state index in [1.54, 1.807) is 24.3 Å². The molecule has 1 amide bonds. The first-order valence-corrected chi connectivity index (χ1v) is 13.4. The number of anilines is 2. The maximum Gasteiger partial charge on any atom is 0.416 e. The number of carbonyl (C=O) groups is 1. The Morgan fingerprint density at radius 3 is 2.49 bits per heavy atom. The number of aromatic hydroxyl groups is 1. The molecule has 0 spiro atoms. The number of fused-ring (bicyclic) bond motifs is 1. The summed E-state index contributed by atoms with van der Waals surface area (Å²) in [4.78, 5) is 14.7. The Kier molecular flexibility index (Phi) is 7.21. The number of sulfonamides is 1. The SMILES string of the molecule is N#CCCS(=O)(=O)Nc1cc(N2CCc3cc(-c4ccc(C(F)(F)F)cc4Br)ccc3C2=O)ccc1O. The van der Waals surface area contributed by atoms with Crippen molar-refractivity contribution in [1.29, 1.82) is 5.26 Å². The number of amides is 1. The normalized spacial score (nSPS) is 13.7. The van der Waals surface area contributed by atoms with Crippen molar-refractivity contribution >= 4 is 43.2 Å². The summed E-state index contributed by atoms with van der Waals surface area (Å²) < 4.78 is 65.8. The molecule has 3 aromatic carbocycles. The van der Waals surface area contributed by atoms with E-state index in [0.717, 1.165) is 17.7 Å². The lowest BCUT2D eigenvalue weighted by Gasteiger charge is -2.29. The van der Waals surface area contributed by atoms with Crippen molar-refractivity contribution in [2.24, 2.45) is 0 Å². The van der Waals surface area contributed by atoms with Gasteiger partial charge in [-0.3, -0.25) is 9.52 Å². The van der Waals surface area contributed by atoms with Crippen LogP contribution in [0.5, 0.6) is 5.75 Å². The average molecular weight is 594 g/mol. The van der Waals surface area contributed by atoms with Crippen molar-refractivity contribution in [2.75, 3.05) is 21.9 Å². The molecule has 1 aliphatic heterocycles. The molecule has 0 saturated heterocycles. The Labute approximate surface area is 219 Å². The number of hydrogen-bond donors (Lipinski definition) is 2. The first-order chi connectivity index (χ1) is 17.4. The van der Waals surface area contributed by atoms with E-state index in [4.69, 9.17) is 5.26 Å². The molecule has 0 aliphatic carbocycles. The molecule has 37 heavy (non-hydrogen) atoms. The minimum atomic E-state index is -4.46. The van der Waals surface area contributed by atoms with E-state index in [9.17, 15) is 31.5 Å². The van der Waals surface area contributed by atoms with Crippen LogP contribution in [0.1, 0.15) is 27.9 Å². The summed E-state index contributed by atoms with van der Waals surface area (Å²) in [5.41, 5.74) is 1.81. The minimum absolute atomic E-state index is 0.114. The summed E-state index contributed by atoms with van der Waals surface area (Å²) >= 11 is 3.21. The molecule has 1 aliphatic rings. The summed E-state index contributed by atoms with van der Waals surface area (Å²) in [6.45, 7) is 0.259. The van der Waals surface area contributed by atoms with E-state index in [-0.39, 0.29) is 34.8 Å². The molecule has 1 heterocycles. The Morgan fingerprint density at radius 2 is 1.81 bits per heavy atom. The fourth-order valence-corrected chi connectivity index (χ4v) is 5.57. The highest BCUT2D eigenvalue weighted by atomic mass is 79.9. The van der Waals surface area contributed by atoms with Gasteiger partial charge < -0.3 is 10.0 Å². The van der Waals surface area contributed by atoms with E-state index >= 15 is 0 Å². The standard InChI is InChI=1S/C25H19BrF3N3O4S/c26-21-13-17(25(27,28)29)3-6-19(21)15-2-5-20-16(12-15)8-10-32(24(20)34)18-4-7-23(33)22(14-18)31-37(35,36)11-1-9-30/h2-7,12-14,31,33H,1,8,10-11H2. The van der Waals surface area contributed by atoms with Crippen LogP contribution in [0.25, 0.3) is 11.1 Å². The summed E-state index contributed by atoms with van der Waals surface area (Å²) in [7, 11) is -3.88. The van der Waals surface area contributed by atoms with Crippen molar-refractivity contribution < 1.29 is 31.5 Å². The molecule has 7 nitrogen and oxygen atoms in total. The van der Waals surface area contributed by atoms with Crippen LogP contribution < -0.4 is 9.62 Å². The zero-order chi connectivity index (χ0) is 27.0. The van der Waals surface area contributed by atoms with Gasteiger partial charge in [0, 0.05) is 22.3 Å². The van der Waals surface area contributed by atoms with E-state index < -0.39 is 27.5 Å². The molecule has 192 valence electrons. The Hall–Kier alpha value is -3.56. The first kappa shape index (κ1) is 26.5. The second kappa shape index (κ2) is 10.1. The average Bonchev–Trinajstić information content (AvgIpc) is 2.83. The van der Waals surface area contributed by atoms with E-state index in [1.165, 1.54) is 29.2 Å². The highest BCUT2D eigenvalue weighted by Crippen LogP contribution is 2.37. The van der Waals surface area contributed by atoms with Crippen molar-refractivity contribution in [3.8, 4) is 22.9 Å². The van der Waals surface area contributed by atoms with Crippen LogP contribution in [-0.4, -0.2) is 31.7 Å². The highest BCUT2D eigenvalue weighted by Gasteiger charge is 2.31. The molecule has 0 saturated carbocycles. The molecule has 0 unspecified atom stereocenters. The fraction of sp³-hybridized carbons (Fsp3) is 0.200. The van der Waals surface area contributed by atoms with Crippen LogP contribution in [0.4, 0.5) is 24.5 Å². The Bertz CT molecular complexity index is 1540. The number of phenolic OH excluding ortho intramolecular Hbond substituents is 1. The highest BCUT2D eigenvalue weighted by molar-refractivity contribution is 9.10. The number of rotatable bonds is 6. The maximum atomic E-state index is 13.3. The number of nitrogens with one attached hydrogen (secondary N) is 1. The molecule has 3 aromatic rings. The second-order valence-electron chi connectivity index (χ2n) is 8.30. The maximum absolute atomic E-state index is 13.3. The predicted molar refractivity (Wildman–Crippen MR) is 136 cm³/mol. The van der Waals surface area contributed by atoms with Crippen LogP contribution >= 0.6 is 15.9 Å². The van der Waals surface area contributed by atoms with Gasteiger partial charge in [0.2, 0.25) is 10.0 Å². The third-order valence-corrected chi connectivity index (χ3v) is 7.76. The smallest absolute Gasteiger partial charge is 0.416 e. The molecule has 4 rings (SSSR count). The topological polar surface area (TPSA) is 110 Å². The first-order valence-electron chi connectivity index (χ1n) is 10.9. The van der Waals surface area contributed by atoms with Gasteiger partial charge in [0.25, 0.3) is 5.91 Å². The van der Waals surface area contributed by atoms with Crippen LogP contribution in [0.3, 0.4) is 0 Å². The van der Waals surface area contributed by atoms with Crippen molar-refractivity contribution in [3.05, 3.63) is 75.8 Å². The number of halogens is 4. The van der Waals surface area contributed by atoms with Crippen LogP contribution in [0.2, 0.25) is 0 Å². The van der Waals surface area contributed by atoms with Gasteiger partial charge in [-0.1, -0.05) is 34.1 Å². The summed E-state index contributed by atoms with van der Waals surface area (Å²) in [5, 5.41) is 18.7. The van der Waals surface area contributed by atoms with Crippen LogP contribution in [-0.2, 0) is 22.6 Å². The van der Waals surface area contributed by atoms with E-state index in [1.807, 2.05) is 0 Å². The molecule has 0 aromatic heterocycles. The number of carbonyl (C=O) groups excluding carboxylic acids is 1. The summed E-state index contributed by atoms with van der Waals surface area (Å²) in [5.74, 6) is -1.12. The zero-order valence-electron chi connectivity index (χ0n) is 19.0. The second-order valence-corrected chi connectivity index (χ2v) is 11.0. The number of nitrogens with zero attached hydrogens (tertiary/aromatic N) is 2. The Balaban J connectivity index is 1.60. The molecule has 0 bridgehead atoms. The van der Waals surface area contributed by atoms with Gasteiger partial charge in [0.15, 0.2) is 0 Å². The lowest BCUT2D eigenvalue weighted by Crippen LogP contribution is -2.37. The van der Waals surface area contributed by atoms with Gasteiger partial charge in [0.1, 0.15) is 5.75 Å². The molecule has 12 heteroatoms. The number of benzene rings is 3. The van der Waals surface area contributed by atoms with Crippen molar-refractivity contribution in [3.63, 3.8) is 0 Å². The van der Waals surface area contributed by atoms with Gasteiger partial charge in [-0.05, 0) is 59.5 Å². The van der Waals surface area contributed by atoms with Gasteiger partial charge >= 0.3 is 6.18 Å². The number of phenols is 1. The molecule has 0 atom stereocenters. The molecular formula is C25H19BrF3N3O4S. The fourth-order valence-electron chi connectivity index (χ4n) is 4.00. The number of alkyl halides is 3. The van der Waals surface area contributed by atoms with Crippen LogP contribution in [0.15, 0.2) is 59.1 Å². The molecule has 0 radical (unpaired) electrons. The minimum Gasteiger partial charge on any atom is -0.506 e. The van der Waals surface area contributed by atoms with Crippen molar-refractivity contribution in [1.82, 2.24) is 0 Å². The lowest BCUT2D eigenvalue weighted by atomic mass is 9.93. The summed E-state index contributed by atoms with van der Waals surface area (Å²) in [6.07, 6.45) is -4.24. The third-order valence-electron chi connectivity index (χ3n) is 5.83.